The Bertz CT molecular complexity index is 342. The topological polar surface area (TPSA) is 75.4 Å². The van der Waals surface area contributed by atoms with E-state index in [1.807, 2.05) is 6.92 Å². The number of halogens is 1. The lowest BCUT2D eigenvalue weighted by Crippen LogP contribution is -2.55. The summed E-state index contributed by atoms with van der Waals surface area (Å²) in [5.41, 5.74) is 5.17. The van der Waals surface area contributed by atoms with Crippen LogP contribution >= 0.6 is 12.4 Å². The second-order valence-electron chi connectivity index (χ2n) is 5.58. The molecule has 110 valence electrons. The Morgan fingerprint density at radius 2 is 1.83 bits per heavy atom. The molecule has 3 N–H and O–H groups in total. The molecule has 1 fully saturated rings. The first-order chi connectivity index (χ1) is 7.79. The van der Waals surface area contributed by atoms with Crippen molar-refractivity contribution in [1.29, 1.82) is 0 Å². The average Bonchev–Trinajstić information content (AvgIpc) is 2.68. The van der Waals surface area contributed by atoms with Crippen molar-refractivity contribution in [1.82, 2.24) is 9.03 Å². The Labute approximate surface area is 117 Å². The zero-order valence-corrected chi connectivity index (χ0v) is 13.1. The minimum atomic E-state index is -3.37. The molecule has 1 saturated heterocycles. The second kappa shape index (κ2) is 7.05. The number of nitrogens with two attached hydrogens (primary N) is 1. The van der Waals surface area contributed by atoms with Gasteiger partial charge in [0, 0.05) is 25.2 Å². The largest absolute Gasteiger partial charge is 0.329 e. The maximum Gasteiger partial charge on any atom is 0.279 e. The van der Waals surface area contributed by atoms with Gasteiger partial charge in [0.1, 0.15) is 0 Å². The van der Waals surface area contributed by atoms with Crippen molar-refractivity contribution in [3.8, 4) is 0 Å². The fourth-order valence-corrected chi connectivity index (χ4v) is 4.03. The smallest absolute Gasteiger partial charge is 0.279 e. The molecule has 0 aliphatic carbocycles. The first-order valence-corrected chi connectivity index (χ1v) is 7.72. The van der Waals surface area contributed by atoms with Crippen LogP contribution in [0.2, 0.25) is 0 Å². The van der Waals surface area contributed by atoms with Crippen molar-refractivity contribution in [2.24, 2.45) is 11.7 Å². The molecule has 1 aliphatic heterocycles. The Hall–Kier alpha value is 0.120. The summed E-state index contributed by atoms with van der Waals surface area (Å²) in [4.78, 5) is 0. The summed E-state index contributed by atoms with van der Waals surface area (Å²) in [6.07, 6.45) is 2.64. The molecule has 0 aromatic heterocycles. The van der Waals surface area contributed by atoms with Crippen LogP contribution < -0.4 is 10.5 Å². The molecular formula is C11H26ClN3O2S. The predicted molar refractivity (Wildman–Crippen MR) is 77.0 cm³/mol. The summed E-state index contributed by atoms with van der Waals surface area (Å²) in [5.74, 6) is 0.407. The monoisotopic (exact) mass is 299 g/mol. The van der Waals surface area contributed by atoms with Gasteiger partial charge in [0.15, 0.2) is 0 Å². The molecule has 0 spiro atoms. The first-order valence-electron chi connectivity index (χ1n) is 6.28. The Morgan fingerprint density at radius 3 is 2.22 bits per heavy atom. The van der Waals surface area contributed by atoms with Gasteiger partial charge >= 0.3 is 0 Å². The maximum absolute atomic E-state index is 12.1. The fourth-order valence-electron chi connectivity index (χ4n) is 2.37. The molecule has 0 amide bonds. The molecule has 1 rings (SSSR count). The van der Waals surface area contributed by atoms with Crippen LogP contribution in [0.3, 0.4) is 0 Å². The van der Waals surface area contributed by atoms with Crippen LogP contribution in [-0.4, -0.2) is 37.9 Å². The van der Waals surface area contributed by atoms with E-state index >= 15 is 0 Å². The van der Waals surface area contributed by atoms with Gasteiger partial charge in [-0.25, -0.2) is 0 Å². The van der Waals surface area contributed by atoms with Crippen molar-refractivity contribution in [2.75, 3.05) is 19.6 Å². The van der Waals surface area contributed by atoms with Crippen molar-refractivity contribution in [3.05, 3.63) is 0 Å². The molecule has 0 aromatic carbocycles. The molecule has 0 aromatic rings. The van der Waals surface area contributed by atoms with Crippen LogP contribution in [0.4, 0.5) is 0 Å². The highest BCUT2D eigenvalue weighted by Gasteiger charge is 2.33. The minimum absolute atomic E-state index is 0. The third kappa shape index (κ3) is 5.01. The van der Waals surface area contributed by atoms with Crippen molar-refractivity contribution in [2.45, 2.75) is 45.6 Å². The molecule has 18 heavy (non-hydrogen) atoms. The second-order valence-corrected chi connectivity index (χ2v) is 7.25. The van der Waals surface area contributed by atoms with Crippen LogP contribution in [0, 0.1) is 5.92 Å². The van der Waals surface area contributed by atoms with Crippen LogP contribution in [0.5, 0.6) is 0 Å². The fraction of sp³-hybridized carbons (Fsp3) is 1.00. The van der Waals surface area contributed by atoms with Gasteiger partial charge < -0.3 is 5.73 Å². The molecule has 1 unspecified atom stereocenters. The van der Waals surface area contributed by atoms with Crippen LogP contribution in [-0.2, 0) is 10.2 Å². The lowest BCUT2D eigenvalue weighted by molar-refractivity contribution is 0.332. The Kier molecular flexibility index (Phi) is 7.10. The number of nitrogens with one attached hydrogen (secondary N) is 1. The van der Waals surface area contributed by atoms with Gasteiger partial charge in [0.2, 0.25) is 0 Å². The molecule has 7 heteroatoms. The normalized spacial score (nSPS) is 20.7. The third-order valence-electron chi connectivity index (χ3n) is 3.09. The number of nitrogens with zero attached hydrogens (tertiary/aromatic N) is 1. The summed E-state index contributed by atoms with van der Waals surface area (Å²) in [5, 5.41) is 0. The zero-order valence-electron chi connectivity index (χ0n) is 11.5. The van der Waals surface area contributed by atoms with Crippen LogP contribution in [0.25, 0.3) is 0 Å². The molecule has 0 saturated carbocycles. The average molecular weight is 300 g/mol. The van der Waals surface area contributed by atoms with E-state index in [2.05, 4.69) is 18.6 Å². The highest BCUT2D eigenvalue weighted by atomic mass is 35.5. The summed E-state index contributed by atoms with van der Waals surface area (Å²) in [6, 6.07) is 0. The Morgan fingerprint density at radius 1 is 1.33 bits per heavy atom. The van der Waals surface area contributed by atoms with Gasteiger partial charge in [-0.1, -0.05) is 13.8 Å². The van der Waals surface area contributed by atoms with E-state index < -0.39 is 15.7 Å². The van der Waals surface area contributed by atoms with Gasteiger partial charge in [-0.3, -0.25) is 0 Å². The molecule has 1 heterocycles. The predicted octanol–water partition coefficient (Wildman–Crippen LogP) is 1.10. The van der Waals surface area contributed by atoms with E-state index in [0.29, 0.717) is 25.6 Å². The molecule has 5 nitrogen and oxygen atoms in total. The van der Waals surface area contributed by atoms with E-state index in [0.717, 1.165) is 19.3 Å². The summed E-state index contributed by atoms with van der Waals surface area (Å²) < 4.78 is 28.6. The van der Waals surface area contributed by atoms with Crippen molar-refractivity contribution in [3.63, 3.8) is 0 Å². The summed E-state index contributed by atoms with van der Waals surface area (Å²) >= 11 is 0. The van der Waals surface area contributed by atoms with Crippen LogP contribution in [0.15, 0.2) is 0 Å². The molecular weight excluding hydrogens is 274 g/mol. The minimum Gasteiger partial charge on any atom is -0.329 e. The van der Waals surface area contributed by atoms with Gasteiger partial charge in [-0.05, 0) is 32.1 Å². The molecule has 0 radical (unpaired) electrons. The van der Waals surface area contributed by atoms with E-state index in [4.69, 9.17) is 5.73 Å². The molecule has 0 bridgehead atoms. The van der Waals surface area contributed by atoms with E-state index in [1.165, 1.54) is 4.31 Å². The number of hydrogen-bond donors (Lipinski definition) is 2. The highest BCUT2D eigenvalue weighted by Crippen LogP contribution is 2.19. The molecule has 1 aliphatic rings. The summed E-state index contributed by atoms with van der Waals surface area (Å²) in [7, 11) is -3.37. The SMILES string of the molecule is CC(C)CC(C)(CN)NS(=O)(=O)N1CCCC1.Cl. The van der Waals surface area contributed by atoms with E-state index in [-0.39, 0.29) is 12.4 Å². The van der Waals surface area contributed by atoms with Crippen molar-refractivity contribution < 1.29 is 8.42 Å². The number of rotatable bonds is 6. The maximum atomic E-state index is 12.1. The van der Waals surface area contributed by atoms with Gasteiger partial charge in [-0.2, -0.15) is 17.4 Å². The standard InChI is InChI=1S/C11H25N3O2S.ClH/c1-10(2)8-11(3,9-12)13-17(15,16)14-6-4-5-7-14;/h10,13H,4-9,12H2,1-3H3;1H. The highest BCUT2D eigenvalue weighted by molar-refractivity contribution is 7.87. The zero-order chi connectivity index (χ0) is 13.1. The van der Waals surface area contributed by atoms with E-state index in [9.17, 15) is 8.42 Å². The lowest BCUT2D eigenvalue weighted by atomic mass is 9.92. The third-order valence-corrected chi connectivity index (χ3v) is 4.89. The quantitative estimate of drug-likeness (QED) is 0.771. The lowest BCUT2D eigenvalue weighted by Gasteiger charge is -2.32. The van der Waals surface area contributed by atoms with Gasteiger partial charge in [0.25, 0.3) is 10.2 Å². The van der Waals surface area contributed by atoms with Gasteiger partial charge in [-0.15, -0.1) is 12.4 Å². The Balaban J connectivity index is 0.00000289. The first kappa shape index (κ1) is 18.1. The van der Waals surface area contributed by atoms with E-state index in [1.54, 1.807) is 0 Å². The van der Waals surface area contributed by atoms with Crippen LogP contribution in [0.1, 0.15) is 40.0 Å². The number of hydrogen-bond acceptors (Lipinski definition) is 3. The molecule has 1 atom stereocenters. The van der Waals surface area contributed by atoms with Crippen molar-refractivity contribution >= 4 is 22.6 Å². The van der Waals surface area contributed by atoms with Gasteiger partial charge in [0.05, 0.1) is 0 Å². The summed E-state index contributed by atoms with van der Waals surface area (Å²) in [6.45, 7) is 7.57.